The normalized spacial score (nSPS) is 11.2. The molecule has 0 fully saturated rings. The number of benzene rings is 1. The van der Waals surface area contributed by atoms with Gasteiger partial charge in [-0.2, -0.15) is 0 Å². The van der Waals surface area contributed by atoms with Gasteiger partial charge in [0, 0.05) is 0 Å². The van der Waals surface area contributed by atoms with E-state index in [2.05, 4.69) is 4.98 Å². The Morgan fingerprint density at radius 1 is 1.04 bits per heavy atom. The van der Waals surface area contributed by atoms with E-state index in [1.807, 2.05) is 25.1 Å². The van der Waals surface area contributed by atoms with Crippen LogP contribution >= 0.6 is 57.7 Å². The van der Waals surface area contributed by atoms with Crippen molar-refractivity contribution in [3.8, 4) is 16.3 Å². The van der Waals surface area contributed by atoms with Crippen LogP contribution in [0.5, 0.6) is 5.75 Å². The van der Waals surface area contributed by atoms with Gasteiger partial charge in [0.1, 0.15) is 26.4 Å². The Kier molecular flexibility index (Phi) is 4.47. The van der Waals surface area contributed by atoms with Crippen molar-refractivity contribution in [1.82, 2.24) is 4.98 Å². The molecule has 1 N–H and O–H groups in total. The van der Waals surface area contributed by atoms with Crippen LogP contribution in [0.4, 0.5) is 0 Å². The fourth-order valence-electron chi connectivity index (χ4n) is 2.07. The molecule has 0 radical (unpaired) electrons. The maximum Gasteiger partial charge on any atom is 0.212 e. The first-order chi connectivity index (χ1) is 10.8. The quantitative estimate of drug-likeness (QED) is 0.543. The molecule has 0 amide bonds. The van der Waals surface area contributed by atoms with Gasteiger partial charge in [0.2, 0.25) is 5.43 Å². The number of hydrogen-bond donors (Lipinski definition) is 1. The molecule has 23 heavy (non-hydrogen) atoms. The van der Waals surface area contributed by atoms with Crippen LogP contribution in [-0.2, 0) is 0 Å². The van der Waals surface area contributed by atoms with Crippen LogP contribution in [0, 0.1) is 6.92 Å². The average Bonchev–Trinajstić information content (AvgIpc) is 2.91. The van der Waals surface area contributed by atoms with E-state index in [0.717, 1.165) is 10.3 Å². The van der Waals surface area contributed by atoms with Gasteiger partial charge in [-0.15, -0.1) is 11.3 Å². The van der Waals surface area contributed by atoms with E-state index in [9.17, 15) is 9.90 Å². The van der Waals surface area contributed by atoms with Crippen LogP contribution in [-0.4, -0.2) is 10.1 Å². The summed E-state index contributed by atoms with van der Waals surface area (Å²) in [5.41, 5.74) is 0.938. The molecular formula is C15H7Cl4NO2S. The van der Waals surface area contributed by atoms with E-state index >= 15 is 0 Å². The Bertz CT molecular complexity index is 1020. The van der Waals surface area contributed by atoms with Crippen LogP contribution < -0.4 is 5.43 Å². The van der Waals surface area contributed by atoms with Crippen molar-refractivity contribution in [3.05, 3.63) is 54.1 Å². The van der Waals surface area contributed by atoms with Gasteiger partial charge < -0.3 is 5.11 Å². The zero-order valence-electron chi connectivity index (χ0n) is 11.5. The number of rotatable bonds is 1. The predicted molar refractivity (Wildman–Crippen MR) is 97.8 cm³/mol. The number of aromatic hydroxyl groups is 1. The van der Waals surface area contributed by atoms with E-state index in [1.54, 1.807) is 0 Å². The van der Waals surface area contributed by atoms with Crippen molar-refractivity contribution in [2.75, 3.05) is 0 Å². The number of fused-ring (bicyclic) bond motifs is 1. The van der Waals surface area contributed by atoms with E-state index in [0.29, 0.717) is 10.5 Å². The lowest BCUT2D eigenvalue weighted by Crippen LogP contribution is -2.02. The number of hydrogen-bond acceptors (Lipinski definition) is 4. The minimum atomic E-state index is -0.682. The van der Waals surface area contributed by atoms with Gasteiger partial charge in [0.25, 0.3) is 0 Å². The summed E-state index contributed by atoms with van der Waals surface area (Å²) in [6.07, 6.45) is 0. The fourth-order valence-corrected chi connectivity index (χ4v) is 3.89. The first kappa shape index (κ1) is 16.8. The summed E-state index contributed by atoms with van der Waals surface area (Å²) in [5.74, 6) is -0.494. The summed E-state index contributed by atoms with van der Waals surface area (Å²) in [5, 5.41) is 9.68. The molecule has 1 heterocycles. The summed E-state index contributed by atoms with van der Waals surface area (Å²) >= 11 is 25.1. The molecular weight excluding hydrogens is 400 g/mol. The van der Waals surface area contributed by atoms with Crippen molar-refractivity contribution in [2.45, 2.75) is 6.92 Å². The Morgan fingerprint density at radius 2 is 1.70 bits per heavy atom. The van der Waals surface area contributed by atoms with E-state index < -0.39 is 11.2 Å². The second kappa shape index (κ2) is 6.11. The summed E-state index contributed by atoms with van der Waals surface area (Å²) in [4.78, 5) is 16.9. The molecule has 2 aromatic carbocycles. The smallest absolute Gasteiger partial charge is 0.212 e. The average molecular weight is 407 g/mol. The predicted octanol–water partition coefficient (Wildman–Crippen LogP) is 5.95. The first-order valence-corrected chi connectivity index (χ1v) is 8.61. The van der Waals surface area contributed by atoms with E-state index in [-0.39, 0.29) is 25.7 Å². The molecule has 0 spiro atoms. The number of aryl methyl sites for hydroxylation is 1. The van der Waals surface area contributed by atoms with Crippen LogP contribution in [0.15, 0.2) is 23.0 Å². The van der Waals surface area contributed by atoms with Gasteiger partial charge in [0.15, 0.2) is 0 Å². The lowest BCUT2D eigenvalue weighted by Gasteiger charge is -1.97. The second-order valence-electron chi connectivity index (χ2n) is 4.80. The Balaban J connectivity index is 2.43. The molecule has 0 unspecified atom stereocenters. The minimum Gasteiger partial charge on any atom is -0.505 e. The molecule has 1 aromatic heterocycles. The molecule has 3 rings (SSSR count). The molecule has 118 valence electrons. The topological polar surface area (TPSA) is 50.2 Å². The summed E-state index contributed by atoms with van der Waals surface area (Å²) in [6.45, 7) is 1.94. The van der Waals surface area contributed by atoms with Crippen molar-refractivity contribution < 1.29 is 5.11 Å². The number of thiazole rings is 1. The maximum absolute atomic E-state index is 12.5. The number of aromatic nitrogens is 1. The van der Waals surface area contributed by atoms with E-state index in [1.165, 1.54) is 11.3 Å². The van der Waals surface area contributed by atoms with Crippen molar-refractivity contribution in [3.63, 3.8) is 0 Å². The maximum atomic E-state index is 12.5. The third-order valence-corrected chi connectivity index (χ3v) is 6.03. The van der Waals surface area contributed by atoms with Gasteiger partial charge in [-0.1, -0.05) is 52.5 Å². The fraction of sp³-hybridized carbons (Fsp3) is 0.0667. The lowest BCUT2D eigenvalue weighted by molar-refractivity contribution is 0.478. The summed E-state index contributed by atoms with van der Waals surface area (Å²) in [7, 11) is 0. The largest absolute Gasteiger partial charge is 0.505 e. The van der Waals surface area contributed by atoms with Crippen LogP contribution in [0.2, 0.25) is 20.1 Å². The highest BCUT2D eigenvalue weighted by Gasteiger charge is 2.22. The van der Waals surface area contributed by atoms with Gasteiger partial charge in [-0.3, -0.25) is 4.79 Å². The molecule has 0 aliphatic carbocycles. The standard InChI is InChI=1S/C15H7Cl4NO2S/c1-5-2-3-7-6(4-5)20-15(23-7)8-13(21)11(18)9(16)10(17)12(19)14(8)22/h2-4,21H,1H3. The third-order valence-electron chi connectivity index (χ3n) is 3.21. The van der Waals surface area contributed by atoms with Crippen molar-refractivity contribution in [1.29, 1.82) is 0 Å². The highest BCUT2D eigenvalue weighted by Crippen LogP contribution is 2.43. The molecule has 3 nitrogen and oxygen atoms in total. The van der Waals surface area contributed by atoms with Gasteiger partial charge in [-0.05, 0) is 24.6 Å². The van der Waals surface area contributed by atoms with E-state index in [4.69, 9.17) is 46.4 Å². The van der Waals surface area contributed by atoms with Crippen molar-refractivity contribution in [2.24, 2.45) is 0 Å². The third kappa shape index (κ3) is 2.79. The highest BCUT2D eigenvalue weighted by atomic mass is 35.5. The molecule has 0 atom stereocenters. The molecule has 0 aliphatic rings. The second-order valence-corrected chi connectivity index (χ2v) is 7.34. The Labute approximate surface area is 155 Å². The van der Waals surface area contributed by atoms with Crippen LogP contribution in [0.25, 0.3) is 20.8 Å². The zero-order chi connectivity index (χ0) is 16.9. The van der Waals surface area contributed by atoms with Gasteiger partial charge in [-0.25, -0.2) is 4.98 Å². The minimum absolute atomic E-state index is 0.118. The molecule has 3 aromatic rings. The molecule has 0 saturated heterocycles. The first-order valence-electron chi connectivity index (χ1n) is 6.28. The van der Waals surface area contributed by atoms with Gasteiger partial charge >= 0.3 is 0 Å². The zero-order valence-corrected chi connectivity index (χ0v) is 15.3. The Hall–Kier alpha value is -1.04. The lowest BCUT2D eigenvalue weighted by atomic mass is 10.2. The SMILES string of the molecule is Cc1ccc2sc(-c3c(O)c(Cl)c(Cl)c(Cl)c(Cl)c3=O)nc2c1. The molecule has 8 heteroatoms. The number of nitrogens with zero attached hydrogens (tertiary/aromatic N) is 1. The summed E-state index contributed by atoms with van der Waals surface area (Å²) < 4.78 is 0.861. The van der Waals surface area contributed by atoms with Crippen molar-refractivity contribution >= 4 is 68.0 Å². The van der Waals surface area contributed by atoms with Gasteiger partial charge in [0.05, 0.1) is 20.3 Å². The highest BCUT2D eigenvalue weighted by molar-refractivity contribution is 7.21. The molecule has 0 bridgehead atoms. The molecule has 0 saturated carbocycles. The van der Waals surface area contributed by atoms with Crippen LogP contribution in [0.1, 0.15) is 5.56 Å². The summed E-state index contributed by atoms with van der Waals surface area (Å²) in [6, 6.07) is 5.70. The molecule has 0 aliphatic heterocycles. The number of halogens is 4. The monoisotopic (exact) mass is 405 g/mol. The van der Waals surface area contributed by atoms with Crippen LogP contribution in [0.3, 0.4) is 0 Å². The Morgan fingerprint density at radius 3 is 2.39 bits per heavy atom.